The standard InChI is InChI=1S/C20H26N2O5/c1-12(2)27-19(23)11-17(15-5-3-4-6-18(15)22(25)26)21-20(24)16-10-13-7-8-14(16)9-13/h3-6,12-14,16-17H,7-11H2,1-2H3,(H,21,24). The molecule has 0 saturated heterocycles. The lowest BCUT2D eigenvalue weighted by Gasteiger charge is -2.25. The zero-order valence-corrected chi connectivity index (χ0v) is 15.7. The Kier molecular flexibility index (Phi) is 5.77. The number of carbonyl (C=O) groups is 2. The average molecular weight is 374 g/mol. The van der Waals surface area contributed by atoms with E-state index in [-0.39, 0.29) is 30.0 Å². The number of nitrogens with one attached hydrogen (secondary N) is 1. The summed E-state index contributed by atoms with van der Waals surface area (Å²) < 4.78 is 5.20. The SMILES string of the molecule is CC(C)OC(=O)CC(NC(=O)C1CC2CCC1C2)c1ccccc1[N+](=O)[O-]. The minimum Gasteiger partial charge on any atom is -0.463 e. The number of benzene rings is 1. The number of nitrogens with zero attached hydrogens (tertiary/aromatic N) is 1. The van der Waals surface area contributed by atoms with E-state index in [4.69, 9.17) is 4.74 Å². The van der Waals surface area contributed by atoms with Crippen LogP contribution in [0.2, 0.25) is 0 Å². The Morgan fingerprint density at radius 2 is 2.00 bits per heavy atom. The summed E-state index contributed by atoms with van der Waals surface area (Å²) in [4.78, 5) is 36.0. The van der Waals surface area contributed by atoms with Crippen molar-refractivity contribution in [2.75, 3.05) is 0 Å². The number of esters is 1. The first kappa shape index (κ1) is 19.3. The molecule has 0 spiro atoms. The third kappa shape index (κ3) is 4.46. The van der Waals surface area contributed by atoms with Crippen LogP contribution in [0.4, 0.5) is 5.69 Å². The number of fused-ring (bicyclic) bond motifs is 2. The van der Waals surface area contributed by atoms with Crippen LogP contribution in [0.1, 0.15) is 57.6 Å². The van der Waals surface area contributed by atoms with Crippen molar-refractivity contribution in [2.45, 2.75) is 58.1 Å². The number of ether oxygens (including phenoxy) is 1. The van der Waals surface area contributed by atoms with Crippen molar-refractivity contribution < 1.29 is 19.2 Å². The molecule has 146 valence electrons. The number of nitro benzene ring substituents is 1. The average Bonchev–Trinajstić information content (AvgIpc) is 3.23. The van der Waals surface area contributed by atoms with Gasteiger partial charge in [-0.25, -0.2) is 0 Å². The molecule has 7 nitrogen and oxygen atoms in total. The van der Waals surface area contributed by atoms with Crippen LogP contribution in [0, 0.1) is 27.9 Å². The van der Waals surface area contributed by atoms with E-state index in [1.165, 1.54) is 12.5 Å². The van der Waals surface area contributed by atoms with Crippen molar-refractivity contribution in [2.24, 2.45) is 17.8 Å². The van der Waals surface area contributed by atoms with E-state index < -0.39 is 16.9 Å². The molecule has 1 N–H and O–H groups in total. The summed E-state index contributed by atoms with van der Waals surface area (Å²) in [6.07, 6.45) is 3.79. The van der Waals surface area contributed by atoms with E-state index in [0.717, 1.165) is 19.3 Å². The van der Waals surface area contributed by atoms with Crippen LogP contribution in [0.25, 0.3) is 0 Å². The first-order valence-corrected chi connectivity index (χ1v) is 9.58. The van der Waals surface area contributed by atoms with Gasteiger partial charge < -0.3 is 10.1 Å². The topological polar surface area (TPSA) is 98.5 Å². The Bertz CT molecular complexity index is 733. The van der Waals surface area contributed by atoms with Crippen molar-refractivity contribution >= 4 is 17.6 Å². The van der Waals surface area contributed by atoms with Crippen molar-refractivity contribution in [1.29, 1.82) is 0 Å². The van der Waals surface area contributed by atoms with E-state index in [2.05, 4.69) is 5.32 Å². The fraction of sp³-hybridized carbons (Fsp3) is 0.600. The summed E-state index contributed by atoms with van der Waals surface area (Å²) in [6.45, 7) is 3.48. The molecule has 0 aromatic heterocycles. The summed E-state index contributed by atoms with van der Waals surface area (Å²) in [5.74, 6) is 0.351. The van der Waals surface area contributed by atoms with Gasteiger partial charge in [-0.05, 0) is 44.9 Å². The van der Waals surface area contributed by atoms with Crippen LogP contribution in [0.3, 0.4) is 0 Å². The fourth-order valence-electron chi connectivity index (χ4n) is 4.51. The predicted octanol–water partition coefficient (Wildman–Crippen LogP) is 3.53. The Morgan fingerprint density at radius 3 is 2.59 bits per heavy atom. The van der Waals surface area contributed by atoms with Crippen molar-refractivity contribution in [3.63, 3.8) is 0 Å². The molecule has 2 saturated carbocycles. The zero-order chi connectivity index (χ0) is 19.6. The first-order chi connectivity index (χ1) is 12.8. The molecule has 4 atom stereocenters. The number of hydrogen-bond acceptors (Lipinski definition) is 5. The molecule has 2 bridgehead atoms. The van der Waals surface area contributed by atoms with Crippen LogP contribution < -0.4 is 5.32 Å². The van der Waals surface area contributed by atoms with E-state index in [1.807, 2.05) is 0 Å². The highest BCUT2D eigenvalue weighted by Crippen LogP contribution is 2.48. The maximum atomic E-state index is 12.9. The van der Waals surface area contributed by atoms with E-state index in [0.29, 0.717) is 17.4 Å². The fourth-order valence-corrected chi connectivity index (χ4v) is 4.51. The Labute approximate surface area is 158 Å². The first-order valence-electron chi connectivity index (χ1n) is 9.58. The highest BCUT2D eigenvalue weighted by molar-refractivity contribution is 5.81. The molecule has 1 aromatic carbocycles. The number of carbonyl (C=O) groups excluding carboxylic acids is 2. The smallest absolute Gasteiger partial charge is 0.308 e. The summed E-state index contributed by atoms with van der Waals surface area (Å²) in [7, 11) is 0. The molecule has 7 heteroatoms. The van der Waals surface area contributed by atoms with Gasteiger partial charge in [-0.2, -0.15) is 0 Å². The molecular formula is C20H26N2O5. The number of para-hydroxylation sites is 1. The van der Waals surface area contributed by atoms with Gasteiger partial charge in [0.15, 0.2) is 0 Å². The van der Waals surface area contributed by atoms with E-state index in [9.17, 15) is 19.7 Å². The minimum absolute atomic E-state index is 0.0601. The van der Waals surface area contributed by atoms with Gasteiger partial charge in [0.05, 0.1) is 29.1 Å². The Hall–Kier alpha value is -2.44. The van der Waals surface area contributed by atoms with Gasteiger partial charge >= 0.3 is 5.97 Å². The second-order valence-corrected chi connectivity index (χ2v) is 7.90. The van der Waals surface area contributed by atoms with Crippen molar-refractivity contribution in [3.8, 4) is 0 Å². The second kappa shape index (κ2) is 8.06. The number of amides is 1. The van der Waals surface area contributed by atoms with Gasteiger partial charge in [0.2, 0.25) is 5.91 Å². The summed E-state index contributed by atoms with van der Waals surface area (Å²) in [5.41, 5.74) is 0.229. The monoisotopic (exact) mass is 374 g/mol. The molecular weight excluding hydrogens is 348 g/mol. The molecule has 1 aromatic rings. The molecule has 2 aliphatic rings. The zero-order valence-electron chi connectivity index (χ0n) is 15.7. The second-order valence-electron chi connectivity index (χ2n) is 7.90. The lowest BCUT2D eigenvalue weighted by atomic mass is 9.87. The Morgan fingerprint density at radius 1 is 1.26 bits per heavy atom. The van der Waals surface area contributed by atoms with Crippen LogP contribution in [-0.2, 0) is 14.3 Å². The van der Waals surface area contributed by atoms with E-state index >= 15 is 0 Å². The molecule has 2 aliphatic carbocycles. The quantitative estimate of drug-likeness (QED) is 0.447. The molecule has 0 heterocycles. The highest BCUT2D eigenvalue weighted by atomic mass is 16.6. The molecule has 0 radical (unpaired) electrons. The molecule has 3 rings (SSSR count). The van der Waals surface area contributed by atoms with Gasteiger partial charge in [-0.15, -0.1) is 0 Å². The largest absolute Gasteiger partial charge is 0.463 e. The third-order valence-corrected chi connectivity index (χ3v) is 5.64. The molecule has 1 amide bonds. The maximum absolute atomic E-state index is 12.9. The lowest BCUT2D eigenvalue weighted by molar-refractivity contribution is -0.385. The number of rotatable bonds is 7. The summed E-state index contributed by atoms with van der Waals surface area (Å²) in [6, 6.07) is 5.45. The van der Waals surface area contributed by atoms with Gasteiger partial charge in [0.25, 0.3) is 5.69 Å². The maximum Gasteiger partial charge on any atom is 0.308 e. The van der Waals surface area contributed by atoms with Gasteiger partial charge in [0, 0.05) is 12.0 Å². The predicted molar refractivity (Wildman–Crippen MR) is 98.8 cm³/mol. The molecule has 27 heavy (non-hydrogen) atoms. The highest BCUT2D eigenvalue weighted by Gasteiger charge is 2.43. The van der Waals surface area contributed by atoms with E-state index in [1.54, 1.807) is 32.0 Å². The molecule has 2 fully saturated rings. The van der Waals surface area contributed by atoms with Crippen molar-refractivity contribution in [3.05, 3.63) is 39.9 Å². The van der Waals surface area contributed by atoms with Crippen LogP contribution in [0.5, 0.6) is 0 Å². The van der Waals surface area contributed by atoms with Crippen LogP contribution in [-0.4, -0.2) is 22.9 Å². The van der Waals surface area contributed by atoms with Crippen LogP contribution >= 0.6 is 0 Å². The van der Waals surface area contributed by atoms with Gasteiger partial charge in [0.1, 0.15) is 0 Å². The number of hydrogen-bond donors (Lipinski definition) is 1. The van der Waals surface area contributed by atoms with Crippen molar-refractivity contribution in [1.82, 2.24) is 5.32 Å². The number of nitro groups is 1. The normalized spacial score (nSPS) is 24.6. The van der Waals surface area contributed by atoms with Gasteiger partial charge in [-0.1, -0.05) is 24.6 Å². The third-order valence-electron chi connectivity index (χ3n) is 5.64. The molecule has 4 unspecified atom stereocenters. The van der Waals surface area contributed by atoms with Crippen LogP contribution in [0.15, 0.2) is 24.3 Å². The lowest BCUT2D eigenvalue weighted by Crippen LogP contribution is -2.37. The molecule has 0 aliphatic heterocycles. The minimum atomic E-state index is -0.774. The summed E-state index contributed by atoms with van der Waals surface area (Å²) >= 11 is 0. The Balaban J connectivity index is 1.80. The van der Waals surface area contributed by atoms with Gasteiger partial charge in [-0.3, -0.25) is 19.7 Å². The summed E-state index contributed by atoms with van der Waals surface area (Å²) in [5, 5.41) is 14.3.